The fourth-order valence-electron chi connectivity index (χ4n) is 1.54. The number of hydrogen-bond donors (Lipinski definition) is 1. The van der Waals surface area contributed by atoms with Crippen LogP contribution in [0.15, 0.2) is 53.6 Å². The average molecular weight is 318 g/mol. The number of ketones is 1. The van der Waals surface area contributed by atoms with E-state index in [0.29, 0.717) is 10.7 Å². The van der Waals surface area contributed by atoms with E-state index < -0.39 is 5.78 Å². The summed E-state index contributed by atoms with van der Waals surface area (Å²) in [5.41, 5.74) is 3.20. The molecule has 4 nitrogen and oxygen atoms in total. The van der Waals surface area contributed by atoms with Gasteiger partial charge < -0.3 is 0 Å². The second-order valence-electron chi connectivity index (χ2n) is 4.00. The van der Waals surface area contributed by atoms with Gasteiger partial charge in [-0.05, 0) is 36.4 Å². The zero-order valence-corrected chi connectivity index (χ0v) is 12.2. The first-order valence-corrected chi connectivity index (χ1v) is 6.66. The van der Waals surface area contributed by atoms with E-state index in [1.165, 1.54) is 0 Å². The fraction of sp³-hybridized carbons (Fsp3) is 0. The van der Waals surface area contributed by atoms with Crippen molar-refractivity contribution in [3.05, 3.63) is 64.1 Å². The predicted octanol–water partition coefficient (Wildman–Crippen LogP) is 4.17. The molecule has 0 heterocycles. The molecule has 1 N–H and O–H groups in total. The molecule has 0 aliphatic carbocycles. The number of hydrazone groups is 1. The van der Waals surface area contributed by atoms with Gasteiger partial charge in [-0.25, -0.2) is 0 Å². The molecule has 6 heteroatoms. The van der Waals surface area contributed by atoms with Crippen molar-refractivity contribution in [3.63, 3.8) is 0 Å². The van der Waals surface area contributed by atoms with Crippen LogP contribution in [0.1, 0.15) is 10.4 Å². The third-order valence-electron chi connectivity index (χ3n) is 2.58. The maximum Gasteiger partial charge on any atom is 0.225 e. The van der Waals surface area contributed by atoms with E-state index in [9.17, 15) is 4.79 Å². The normalized spacial score (nSPS) is 10.8. The Kier molecular flexibility index (Phi) is 4.94. The minimum atomic E-state index is -0.537. The Morgan fingerprint density at radius 2 is 1.76 bits per heavy atom. The lowest BCUT2D eigenvalue weighted by Crippen LogP contribution is -2.14. The third kappa shape index (κ3) is 3.82. The van der Waals surface area contributed by atoms with Crippen LogP contribution in [0.2, 0.25) is 10.0 Å². The fourth-order valence-corrected chi connectivity index (χ4v) is 1.89. The summed E-state index contributed by atoms with van der Waals surface area (Å²) in [6.45, 7) is 0. The second-order valence-corrected chi connectivity index (χ2v) is 4.84. The van der Waals surface area contributed by atoms with Gasteiger partial charge in [0.2, 0.25) is 11.5 Å². The molecule has 0 radical (unpaired) electrons. The Labute approximate surface area is 131 Å². The maximum absolute atomic E-state index is 12.2. The maximum atomic E-state index is 12.2. The van der Waals surface area contributed by atoms with Gasteiger partial charge in [0.15, 0.2) is 0 Å². The second kappa shape index (κ2) is 6.89. The van der Waals surface area contributed by atoms with Gasteiger partial charge in [0, 0.05) is 10.6 Å². The molecule has 0 spiro atoms. The number of carbonyl (C=O) groups is 1. The number of nitrogens with zero attached hydrogens (tertiary/aromatic N) is 2. The average Bonchev–Trinajstić information content (AvgIpc) is 2.50. The number of Topliss-reactive ketones (excluding diaryl/α,β-unsaturated/α-hetero) is 1. The first kappa shape index (κ1) is 15.0. The smallest absolute Gasteiger partial charge is 0.225 e. The number of nitriles is 1. The van der Waals surface area contributed by atoms with E-state index in [2.05, 4.69) is 10.5 Å². The van der Waals surface area contributed by atoms with Crippen LogP contribution in [0, 0.1) is 11.3 Å². The SMILES string of the molecule is N#C/C(=N/Nc1ccc(Cl)cc1)C(=O)c1ccccc1Cl. The number of nitrogens with one attached hydrogen (secondary N) is 1. The van der Waals surface area contributed by atoms with Gasteiger partial charge in [-0.3, -0.25) is 10.2 Å². The molecule has 0 aliphatic rings. The molecule has 0 unspecified atom stereocenters. The summed E-state index contributed by atoms with van der Waals surface area (Å²) in [7, 11) is 0. The quantitative estimate of drug-likeness (QED) is 0.523. The van der Waals surface area contributed by atoms with Crippen LogP contribution in [0.3, 0.4) is 0 Å². The van der Waals surface area contributed by atoms with Gasteiger partial charge in [0.1, 0.15) is 6.07 Å². The minimum Gasteiger partial charge on any atom is -0.286 e. The van der Waals surface area contributed by atoms with Crippen LogP contribution in [0.4, 0.5) is 5.69 Å². The molecule has 0 fully saturated rings. The summed E-state index contributed by atoms with van der Waals surface area (Å²) in [6.07, 6.45) is 0. The molecule has 0 amide bonds. The largest absolute Gasteiger partial charge is 0.286 e. The van der Waals surface area contributed by atoms with E-state index >= 15 is 0 Å². The number of benzene rings is 2. The van der Waals surface area contributed by atoms with Crippen LogP contribution in [-0.4, -0.2) is 11.5 Å². The highest BCUT2D eigenvalue weighted by molar-refractivity contribution is 6.53. The van der Waals surface area contributed by atoms with Crippen LogP contribution in [0.25, 0.3) is 0 Å². The summed E-state index contributed by atoms with van der Waals surface area (Å²) < 4.78 is 0. The lowest BCUT2D eigenvalue weighted by atomic mass is 10.1. The summed E-state index contributed by atoms with van der Waals surface area (Å²) in [5.74, 6) is -0.537. The van der Waals surface area contributed by atoms with Crippen molar-refractivity contribution in [2.45, 2.75) is 0 Å². The Bertz CT molecular complexity index is 733. The molecule has 0 saturated carbocycles. The van der Waals surface area contributed by atoms with E-state index in [1.807, 2.05) is 0 Å². The first-order chi connectivity index (χ1) is 10.1. The highest BCUT2D eigenvalue weighted by Gasteiger charge is 2.16. The monoisotopic (exact) mass is 317 g/mol. The molecular formula is C15H9Cl2N3O. The lowest BCUT2D eigenvalue weighted by molar-refractivity contribution is 0.106. The van der Waals surface area contributed by atoms with Crippen molar-refractivity contribution < 1.29 is 4.79 Å². The summed E-state index contributed by atoms with van der Waals surface area (Å²) in [4.78, 5) is 12.2. The molecule has 2 rings (SSSR count). The minimum absolute atomic E-state index is 0.234. The highest BCUT2D eigenvalue weighted by Crippen LogP contribution is 2.17. The number of hydrogen-bond acceptors (Lipinski definition) is 4. The van der Waals surface area contributed by atoms with Crippen molar-refractivity contribution in [1.82, 2.24) is 0 Å². The van der Waals surface area contributed by atoms with E-state index in [1.54, 1.807) is 54.6 Å². The van der Waals surface area contributed by atoms with Crippen molar-refractivity contribution in [2.75, 3.05) is 5.43 Å². The molecule has 0 aliphatic heterocycles. The van der Waals surface area contributed by atoms with Gasteiger partial charge >= 0.3 is 0 Å². The van der Waals surface area contributed by atoms with Gasteiger partial charge in [-0.1, -0.05) is 35.3 Å². The van der Waals surface area contributed by atoms with Crippen LogP contribution >= 0.6 is 23.2 Å². The molecule has 104 valence electrons. The molecule has 0 bridgehead atoms. The molecule has 2 aromatic rings. The van der Waals surface area contributed by atoms with Crippen molar-refractivity contribution in [3.8, 4) is 6.07 Å². The summed E-state index contributed by atoms with van der Waals surface area (Å²) in [6, 6.07) is 15.0. The van der Waals surface area contributed by atoms with Crippen molar-refractivity contribution in [1.29, 1.82) is 5.26 Å². The standard InChI is InChI=1S/C15H9Cl2N3O/c16-10-5-7-11(8-6-10)19-20-14(9-18)15(21)12-3-1-2-4-13(12)17/h1-8,19H/b20-14-. The Morgan fingerprint density at radius 1 is 1.10 bits per heavy atom. The third-order valence-corrected chi connectivity index (χ3v) is 3.16. The Balaban J connectivity index is 2.22. The zero-order chi connectivity index (χ0) is 15.2. The molecule has 0 atom stereocenters. The molecule has 0 saturated heterocycles. The molecule has 21 heavy (non-hydrogen) atoms. The predicted molar refractivity (Wildman–Crippen MR) is 83.9 cm³/mol. The summed E-state index contributed by atoms with van der Waals surface area (Å²) >= 11 is 11.7. The first-order valence-electron chi connectivity index (χ1n) is 5.90. The Morgan fingerprint density at radius 3 is 2.38 bits per heavy atom. The number of anilines is 1. The molecular weight excluding hydrogens is 309 g/mol. The number of rotatable bonds is 4. The van der Waals surface area contributed by atoms with E-state index in [0.717, 1.165) is 0 Å². The molecule has 2 aromatic carbocycles. The summed E-state index contributed by atoms with van der Waals surface area (Å²) in [5, 5.41) is 13.7. The Hall–Kier alpha value is -2.35. The van der Waals surface area contributed by atoms with Crippen LogP contribution in [0.5, 0.6) is 0 Å². The van der Waals surface area contributed by atoms with Gasteiger partial charge in [-0.2, -0.15) is 10.4 Å². The van der Waals surface area contributed by atoms with Gasteiger partial charge in [0.25, 0.3) is 0 Å². The van der Waals surface area contributed by atoms with E-state index in [4.69, 9.17) is 28.5 Å². The highest BCUT2D eigenvalue weighted by atomic mass is 35.5. The molecule has 0 aromatic heterocycles. The number of carbonyl (C=O) groups excluding carboxylic acids is 1. The number of halogens is 2. The van der Waals surface area contributed by atoms with E-state index in [-0.39, 0.29) is 16.3 Å². The van der Waals surface area contributed by atoms with Crippen LogP contribution in [-0.2, 0) is 0 Å². The zero-order valence-electron chi connectivity index (χ0n) is 10.7. The van der Waals surface area contributed by atoms with Gasteiger partial charge in [0.05, 0.1) is 10.7 Å². The van der Waals surface area contributed by atoms with Crippen LogP contribution < -0.4 is 5.43 Å². The van der Waals surface area contributed by atoms with Gasteiger partial charge in [-0.15, -0.1) is 0 Å². The topological polar surface area (TPSA) is 65.2 Å². The van der Waals surface area contributed by atoms with Crippen molar-refractivity contribution >= 4 is 40.4 Å². The van der Waals surface area contributed by atoms with Crippen molar-refractivity contribution in [2.24, 2.45) is 5.10 Å². The lowest BCUT2D eigenvalue weighted by Gasteiger charge is -2.03.